The van der Waals surface area contributed by atoms with Crippen molar-refractivity contribution in [3.05, 3.63) is 77.2 Å². The zero-order valence-corrected chi connectivity index (χ0v) is 18.1. The van der Waals surface area contributed by atoms with E-state index in [1.54, 1.807) is 0 Å². The fraction of sp³-hybridized carbons (Fsp3) is 0.250. The van der Waals surface area contributed by atoms with Crippen molar-refractivity contribution >= 4 is 11.6 Å². The van der Waals surface area contributed by atoms with Crippen LogP contribution in [0.15, 0.2) is 54.7 Å². The number of halogens is 6. The molecule has 0 aliphatic carbocycles. The lowest BCUT2D eigenvalue weighted by molar-refractivity contribution is -0.153. The summed E-state index contributed by atoms with van der Waals surface area (Å²) in [6.45, 7) is -0.696. The lowest BCUT2D eigenvalue weighted by Crippen LogP contribution is -2.30. The Hall–Kier alpha value is -3.60. The van der Waals surface area contributed by atoms with Gasteiger partial charge in [0.2, 0.25) is 0 Å². The quantitative estimate of drug-likeness (QED) is 0.461. The maximum absolute atomic E-state index is 13.8. The van der Waals surface area contributed by atoms with Gasteiger partial charge in [-0.05, 0) is 42.8 Å². The normalized spacial score (nSPS) is 15.3. The molecule has 0 saturated carbocycles. The smallest absolute Gasteiger partial charge is 0.422 e. The highest BCUT2D eigenvalue weighted by atomic mass is 19.4. The van der Waals surface area contributed by atoms with Crippen molar-refractivity contribution in [2.75, 3.05) is 11.5 Å². The highest BCUT2D eigenvalue weighted by Gasteiger charge is 2.36. The second-order valence-electron chi connectivity index (χ2n) is 8.12. The van der Waals surface area contributed by atoms with E-state index in [1.807, 2.05) is 0 Å². The summed E-state index contributed by atoms with van der Waals surface area (Å²) in [7, 11) is 0. The first kappa shape index (κ1) is 24.5. The first-order valence-electron chi connectivity index (χ1n) is 10.3. The number of alkyl halides is 5. The van der Waals surface area contributed by atoms with E-state index < -0.39 is 36.5 Å². The highest BCUT2D eigenvalue weighted by Crippen LogP contribution is 2.39. The van der Waals surface area contributed by atoms with E-state index in [9.17, 15) is 36.2 Å². The Kier molecular flexibility index (Phi) is 6.22. The number of fused-ring (bicyclic) bond motifs is 1. The molecule has 1 atom stereocenters. The average molecular weight is 496 g/mol. The SMILES string of the molecule is CC(O)(c1ccc(N2Cc3c(ccnc3-c3ccc(F)cc3OCC(F)(F)F)C2=O)cc1)C(F)F. The maximum atomic E-state index is 13.8. The molecule has 2 aromatic carbocycles. The van der Waals surface area contributed by atoms with Crippen molar-refractivity contribution < 1.29 is 41.0 Å². The molecule has 35 heavy (non-hydrogen) atoms. The summed E-state index contributed by atoms with van der Waals surface area (Å²) in [6.07, 6.45) is -6.37. The van der Waals surface area contributed by atoms with Gasteiger partial charge in [0, 0.05) is 34.6 Å². The molecular weight excluding hydrogens is 478 g/mol. The van der Waals surface area contributed by atoms with Crippen LogP contribution in [0, 0.1) is 5.82 Å². The molecule has 3 aromatic rings. The zero-order valence-electron chi connectivity index (χ0n) is 18.1. The van der Waals surface area contributed by atoms with E-state index >= 15 is 0 Å². The molecule has 1 aromatic heterocycles. The van der Waals surface area contributed by atoms with Crippen LogP contribution in [0.4, 0.5) is 32.0 Å². The minimum atomic E-state index is -4.65. The Bertz CT molecular complexity index is 1260. The molecule has 184 valence electrons. The van der Waals surface area contributed by atoms with Crippen LogP contribution in [0.3, 0.4) is 0 Å². The number of benzene rings is 2. The van der Waals surface area contributed by atoms with Gasteiger partial charge in [0.25, 0.3) is 12.3 Å². The van der Waals surface area contributed by atoms with Crippen LogP contribution in [0.1, 0.15) is 28.4 Å². The number of carbonyl (C=O) groups excluding carboxylic acids is 1. The van der Waals surface area contributed by atoms with Crippen LogP contribution in [-0.2, 0) is 12.1 Å². The molecule has 1 amide bonds. The summed E-state index contributed by atoms with van der Waals surface area (Å²) >= 11 is 0. The minimum absolute atomic E-state index is 0.0297. The number of rotatable bonds is 6. The predicted octanol–water partition coefficient (Wildman–Crippen LogP) is 5.46. The fourth-order valence-electron chi connectivity index (χ4n) is 3.74. The van der Waals surface area contributed by atoms with Gasteiger partial charge in [0.1, 0.15) is 17.2 Å². The number of anilines is 1. The largest absolute Gasteiger partial charge is 0.483 e. The third-order valence-corrected chi connectivity index (χ3v) is 5.63. The monoisotopic (exact) mass is 496 g/mol. The van der Waals surface area contributed by atoms with Crippen molar-refractivity contribution in [3.8, 4) is 17.0 Å². The molecule has 1 unspecified atom stereocenters. The third-order valence-electron chi connectivity index (χ3n) is 5.63. The number of aliphatic hydroxyl groups is 1. The molecule has 0 radical (unpaired) electrons. The van der Waals surface area contributed by atoms with Gasteiger partial charge in [-0.15, -0.1) is 0 Å². The molecule has 1 aliphatic rings. The van der Waals surface area contributed by atoms with Crippen LogP contribution in [0.5, 0.6) is 5.75 Å². The molecule has 0 bridgehead atoms. The van der Waals surface area contributed by atoms with Gasteiger partial charge >= 0.3 is 6.18 Å². The molecule has 11 heteroatoms. The number of hydrogen-bond acceptors (Lipinski definition) is 4. The molecule has 5 nitrogen and oxygen atoms in total. The Morgan fingerprint density at radius 1 is 1.09 bits per heavy atom. The summed E-state index contributed by atoms with van der Waals surface area (Å²) in [5.74, 6) is -1.64. The summed E-state index contributed by atoms with van der Waals surface area (Å²) in [6, 6.07) is 9.87. The molecular formula is C24H18F6N2O3. The van der Waals surface area contributed by atoms with E-state index in [2.05, 4.69) is 4.98 Å². The van der Waals surface area contributed by atoms with Crippen LogP contribution in [0.25, 0.3) is 11.3 Å². The number of pyridine rings is 1. The fourth-order valence-corrected chi connectivity index (χ4v) is 3.74. The van der Waals surface area contributed by atoms with Gasteiger partial charge in [-0.1, -0.05) is 12.1 Å². The van der Waals surface area contributed by atoms with Crippen molar-refractivity contribution in [1.82, 2.24) is 4.98 Å². The minimum Gasteiger partial charge on any atom is -0.483 e. The van der Waals surface area contributed by atoms with E-state index in [1.165, 1.54) is 47.5 Å². The molecule has 0 saturated heterocycles. The Labute approximate surface area is 195 Å². The molecule has 0 spiro atoms. The van der Waals surface area contributed by atoms with Gasteiger partial charge in [-0.2, -0.15) is 13.2 Å². The number of aromatic nitrogens is 1. The molecule has 1 N–H and O–H groups in total. The average Bonchev–Trinajstić information content (AvgIpc) is 3.14. The van der Waals surface area contributed by atoms with Crippen molar-refractivity contribution in [3.63, 3.8) is 0 Å². The van der Waals surface area contributed by atoms with Crippen LogP contribution < -0.4 is 9.64 Å². The molecule has 1 aliphatic heterocycles. The Morgan fingerprint density at radius 2 is 1.77 bits per heavy atom. The van der Waals surface area contributed by atoms with Gasteiger partial charge in [-0.3, -0.25) is 9.78 Å². The highest BCUT2D eigenvalue weighted by molar-refractivity contribution is 6.11. The molecule has 2 heterocycles. The van der Waals surface area contributed by atoms with E-state index in [4.69, 9.17) is 4.74 Å². The summed E-state index contributed by atoms with van der Waals surface area (Å²) < 4.78 is 82.9. The van der Waals surface area contributed by atoms with Crippen LogP contribution >= 0.6 is 0 Å². The van der Waals surface area contributed by atoms with Gasteiger partial charge in [0.15, 0.2) is 6.61 Å². The second-order valence-corrected chi connectivity index (χ2v) is 8.12. The Balaban J connectivity index is 1.68. The standard InChI is InChI=1S/C24H18F6N2O3/c1-23(34,22(26)27)13-2-5-15(6-3-13)32-11-18-16(21(32)33)8-9-31-20(18)17-7-4-14(25)10-19(17)35-12-24(28,29)30/h2-10,22,34H,11-12H2,1H3. The maximum Gasteiger partial charge on any atom is 0.422 e. The third kappa shape index (κ3) is 4.81. The zero-order chi connectivity index (χ0) is 25.5. The van der Waals surface area contributed by atoms with E-state index in [-0.39, 0.29) is 34.7 Å². The summed E-state index contributed by atoms with van der Waals surface area (Å²) in [5, 5.41) is 9.97. The summed E-state index contributed by atoms with van der Waals surface area (Å²) in [4.78, 5) is 18.6. The number of carbonyl (C=O) groups is 1. The van der Waals surface area contributed by atoms with Crippen LogP contribution in [0.2, 0.25) is 0 Å². The second kappa shape index (κ2) is 8.88. The number of ether oxygens (including phenoxy) is 1. The lowest BCUT2D eigenvalue weighted by Gasteiger charge is -2.24. The van der Waals surface area contributed by atoms with Crippen molar-refractivity contribution in [2.24, 2.45) is 0 Å². The molecule has 4 rings (SSSR count). The first-order chi connectivity index (χ1) is 16.4. The van der Waals surface area contributed by atoms with E-state index in [0.717, 1.165) is 19.1 Å². The van der Waals surface area contributed by atoms with Crippen molar-refractivity contribution in [1.29, 1.82) is 0 Å². The van der Waals surface area contributed by atoms with Gasteiger partial charge in [-0.25, -0.2) is 13.2 Å². The van der Waals surface area contributed by atoms with Gasteiger partial charge < -0.3 is 14.7 Å². The van der Waals surface area contributed by atoms with E-state index in [0.29, 0.717) is 11.3 Å². The number of nitrogens with zero attached hydrogens (tertiary/aromatic N) is 2. The first-order valence-corrected chi connectivity index (χ1v) is 10.3. The van der Waals surface area contributed by atoms with Crippen LogP contribution in [-0.4, -0.2) is 35.2 Å². The topological polar surface area (TPSA) is 62.7 Å². The lowest BCUT2D eigenvalue weighted by atomic mass is 9.96. The molecule has 0 fully saturated rings. The van der Waals surface area contributed by atoms with Gasteiger partial charge in [0.05, 0.1) is 12.2 Å². The number of hydrogen-bond donors (Lipinski definition) is 1. The Morgan fingerprint density at radius 3 is 2.40 bits per heavy atom. The van der Waals surface area contributed by atoms with Crippen molar-refractivity contribution in [2.45, 2.75) is 31.7 Å². The number of amides is 1. The predicted molar refractivity (Wildman–Crippen MR) is 114 cm³/mol. The summed E-state index contributed by atoms with van der Waals surface area (Å²) in [5.41, 5.74) is -1.24.